The van der Waals surface area contributed by atoms with Gasteiger partial charge in [-0.05, 0) is 49.6 Å². The van der Waals surface area contributed by atoms with Gasteiger partial charge >= 0.3 is 0 Å². The number of para-hydroxylation sites is 1. The van der Waals surface area contributed by atoms with Crippen molar-refractivity contribution in [3.05, 3.63) is 95.6 Å². The van der Waals surface area contributed by atoms with Crippen molar-refractivity contribution < 1.29 is 18.0 Å². The Balaban J connectivity index is 2.05. The molecule has 0 unspecified atom stereocenters. The lowest BCUT2D eigenvalue weighted by Gasteiger charge is -2.33. The highest BCUT2D eigenvalue weighted by Crippen LogP contribution is 2.27. The zero-order valence-electron chi connectivity index (χ0n) is 21.1. The first kappa shape index (κ1) is 26.9. The lowest BCUT2D eigenvalue weighted by molar-refractivity contribution is -0.140. The molecule has 8 heteroatoms. The fourth-order valence-electron chi connectivity index (χ4n) is 4.05. The zero-order chi connectivity index (χ0) is 26.3. The third-order valence-electron chi connectivity index (χ3n) is 6.10. The Morgan fingerprint density at radius 3 is 2.08 bits per heavy atom. The summed E-state index contributed by atoms with van der Waals surface area (Å²) >= 11 is 0. The number of carbonyl (C=O) groups excluding carboxylic acids is 2. The number of nitrogens with zero attached hydrogens (tertiary/aromatic N) is 2. The third kappa shape index (κ3) is 6.12. The van der Waals surface area contributed by atoms with E-state index in [1.54, 1.807) is 43.3 Å². The number of benzene rings is 3. The number of sulfonamides is 1. The minimum atomic E-state index is -4.06. The van der Waals surface area contributed by atoms with Crippen LogP contribution >= 0.6 is 0 Å². The fourth-order valence-corrected chi connectivity index (χ4v) is 5.55. The van der Waals surface area contributed by atoms with Crippen LogP contribution in [0.15, 0.2) is 83.8 Å². The van der Waals surface area contributed by atoms with Crippen LogP contribution in [-0.2, 0) is 26.2 Å². The monoisotopic (exact) mass is 507 g/mol. The molecule has 0 aliphatic rings. The molecule has 0 saturated carbocycles. The molecule has 0 spiro atoms. The average Bonchev–Trinajstić information content (AvgIpc) is 2.89. The van der Waals surface area contributed by atoms with Gasteiger partial charge in [-0.3, -0.25) is 13.9 Å². The second-order valence-corrected chi connectivity index (χ2v) is 10.5. The molecule has 0 aromatic heterocycles. The first-order valence-corrected chi connectivity index (χ1v) is 13.3. The minimum Gasteiger partial charge on any atom is -0.357 e. The van der Waals surface area contributed by atoms with E-state index < -0.39 is 28.5 Å². The molecule has 0 fully saturated rings. The van der Waals surface area contributed by atoms with Crippen molar-refractivity contribution in [2.24, 2.45) is 0 Å². The molecular weight excluding hydrogens is 474 g/mol. The molecule has 3 aromatic rings. The van der Waals surface area contributed by atoms with Crippen LogP contribution < -0.4 is 9.62 Å². The van der Waals surface area contributed by atoms with E-state index in [1.807, 2.05) is 44.2 Å². The van der Waals surface area contributed by atoms with E-state index >= 15 is 0 Å². The molecule has 190 valence electrons. The van der Waals surface area contributed by atoms with E-state index in [2.05, 4.69) is 5.32 Å². The molecule has 0 aliphatic heterocycles. The number of anilines is 1. The molecule has 0 aliphatic carbocycles. The average molecular weight is 508 g/mol. The van der Waals surface area contributed by atoms with Gasteiger partial charge in [0.05, 0.1) is 10.6 Å². The summed E-state index contributed by atoms with van der Waals surface area (Å²) in [5.41, 5.74) is 3.06. The maximum absolute atomic E-state index is 13.8. The van der Waals surface area contributed by atoms with Crippen LogP contribution in [0.2, 0.25) is 0 Å². The SMILES string of the molecule is CC[C@H](C(=O)NC)N(Cc1ccc(C)cc1)C(=O)CN(c1ccccc1C)S(=O)(=O)c1ccccc1. The molecule has 2 amide bonds. The normalized spacial score (nSPS) is 12.0. The Hall–Kier alpha value is -3.65. The molecule has 0 bridgehead atoms. The van der Waals surface area contributed by atoms with Crippen molar-refractivity contribution in [2.75, 3.05) is 17.9 Å². The Bertz CT molecular complexity index is 1290. The molecular formula is C28H33N3O4S. The van der Waals surface area contributed by atoms with Gasteiger partial charge in [0, 0.05) is 13.6 Å². The van der Waals surface area contributed by atoms with Gasteiger partial charge in [-0.25, -0.2) is 8.42 Å². The molecule has 1 atom stereocenters. The van der Waals surface area contributed by atoms with Crippen LogP contribution in [0.25, 0.3) is 0 Å². The van der Waals surface area contributed by atoms with E-state index in [-0.39, 0.29) is 17.3 Å². The molecule has 0 heterocycles. The van der Waals surface area contributed by atoms with Crippen LogP contribution in [0, 0.1) is 13.8 Å². The summed E-state index contributed by atoms with van der Waals surface area (Å²) in [7, 11) is -2.53. The van der Waals surface area contributed by atoms with Gasteiger partial charge in [0.1, 0.15) is 12.6 Å². The largest absolute Gasteiger partial charge is 0.357 e. The van der Waals surface area contributed by atoms with E-state index in [1.165, 1.54) is 24.1 Å². The van der Waals surface area contributed by atoms with Gasteiger partial charge in [0.25, 0.3) is 10.0 Å². The van der Waals surface area contributed by atoms with E-state index in [9.17, 15) is 18.0 Å². The van der Waals surface area contributed by atoms with Crippen LogP contribution in [0.4, 0.5) is 5.69 Å². The topological polar surface area (TPSA) is 86.8 Å². The van der Waals surface area contributed by atoms with Crippen molar-refractivity contribution >= 4 is 27.5 Å². The maximum atomic E-state index is 13.8. The zero-order valence-corrected chi connectivity index (χ0v) is 22.0. The van der Waals surface area contributed by atoms with Crippen molar-refractivity contribution in [2.45, 2.75) is 44.7 Å². The fraction of sp³-hybridized carbons (Fsp3) is 0.286. The number of hydrogen-bond donors (Lipinski definition) is 1. The predicted octanol–water partition coefficient (Wildman–Crippen LogP) is 4.05. The highest BCUT2D eigenvalue weighted by atomic mass is 32.2. The van der Waals surface area contributed by atoms with Gasteiger partial charge in [0.2, 0.25) is 11.8 Å². The Morgan fingerprint density at radius 1 is 0.889 bits per heavy atom. The van der Waals surface area contributed by atoms with E-state index in [0.29, 0.717) is 17.7 Å². The van der Waals surface area contributed by atoms with E-state index in [0.717, 1.165) is 15.4 Å². The molecule has 1 N–H and O–H groups in total. The lowest BCUT2D eigenvalue weighted by atomic mass is 10.1. The third-order valence-corrected chi connectivity index (χ3v) is 7.87. The first-order chi connectivity index (χ1) is 17.2. The van der Waals surface area contributed by atoms with Crippen molar-refractivity contribution in [1.82, 2.24) is 10.2 Å². The Morgan fingerprint density at radius 2 is 1.50 bits per heavy atom. The number of rotatable bonds is 10. The molecule has 3 aromatic carbocycles. The van der Waals surface area contributed by atoms with Crippen LogP contribution in [-0.4, -0.2) is 44.8 Å². The number of carbonyl (C=O) groups is 2. The maximum Gasteiger partial charge on any atom is 0.264 e. The predicted molar refractivity (Wildman–Crippen MR) is 142 cm³/mol. The van der Waals surface area contributed by atoms with Crippen LogP contribution in [0.5, 0.6) is 0 Å². The summed E-state index contributed by atoms with van der Waals surface area (Å²) in [5, 5.41) is 2.63. The lowest BCUT2D eigenvalue weighted by Crippen LogP contribution is -2.51. The second-order valence-electron chi connectivity index (χ2n) is 8.66. The van der Waals surface area contributed by atoms with Gasteiger partial charge in [0.15, 0.2) is 0 Å². The number of likely N-dealkylation sites (N-methyl/N-ethyl adjacent to an activating group) is 1. The summed E-state index contributed by atoms with van der Waals surface area (Å²) in [5.74, 6) is -0.764. The number of nitrogens with one attached hydrogen (secondary N) is 1. The van der Waals surface area contributed by atoms with Gasteiger partial charge in [-0.15, -0.1) is 0 Å². The van der Waals surface area contributed by atoms with Gasteiger partial charge < -0.3 is 10.2 Å². The summed E-state index contributed by atoms with van der Waals surface area (Å²) in [6.45, 7) is 5.34. The first-order valence-electron chi connectivity index (χ1n) is 11.9. The van der Waals surface area contributed by atoms with E-state index in [4.69, 9.17) is 0 Å². The van der Waals surface area contributed by atoms with Gasteiger partial charge in [-0.1, -0.05) is 73.2 Å². The quantitative estimate of drug-likeness (QED) is 0.449. The van der Waals surface area contributed by atoms with Crippen LogP contribution in [0.1, 0.15) is 30.0 Å². The smallest absolute Gasteiger partial charge is 0.264 e. The molecule has 0 radical (unpaired) electrons. The molecule has 7 nitrogen and oxygen atoms in total. The standard InChI is InChI=1S/C28H33N3O4S/c1-5-25(28(33)29-4)30(19-23-17-15-21(2)16-18-23)27(32)20-31(26-14-10-9-11-22(26)3)36(34,35)24-12-7-6-8-13-24/h6-18,25H,5,19-20H2,1-4H3,(H,29,33)/t25-/m1/s1. The molecule has 36 heavy (non-hydrogen) atoms. The summed E-state index contributed by atoms with van der Waals surface area (Å²) < 4.78 is 28.6. The molecule has 3 rings (SSSR count). The Labute approximate surface area is 213 Å². The molecule has 0 saturated heterocycles. The Kier molecular flexibility index (Phi) is 8.88. The highest BCUT2D eigenvalue weighted by Gasteiger charge is 2.33. The van der Waals surface area contributed by atoms with Crippen LogP contribution in [0.3, 0.4) is 0 Å². The highest BCUT2D eigenvalue weighted by molar-refractivity contribution is 7.92. The second kappa shape index (κ2) is 11.9. The van der Waals surface area contributed by atoms with Crippen molar-refractivity contribution in [3.8, 4) is 0 Å². The summed E-state index contributed by atoms with van der Waals surface area (Å²) in [4.78, 5) is 28.1. The number of aryl methyl sites for hydroxylation is 2. The number of hydrogen-bond acceptors (Lipinski definition) is 4. The van der Waals surface area contributed by atoms with Gasteiger partial charge in [-0.2, -0.15) is 0 Å². The number of amides is 2. The summed E-state index contributed by atoms with van der Waals surface area (Å²) in [6, 6.07) is 22.0. The van der Waals surface area contributed by atoms with Crippen molar-refractivity contribution in [1.29, 1.82) is 0 Å². The summed E-state index contributed by atoms with van der Waals surface area (Å²) in [6.07, 6.45) is 0.382. The minimum absolute atomic E-state index is 0.0875. The van der Waals surface area contributed by atoms with Crippen molar-refractivity contribution in [3.63, 3.8) is 0 Å².